The number of carbonyl (C=O) groups excluding carboxylic acids is 1. The van der Waals surface area contributed by atoms with Gasteiger partial charge < -0.3 is 10.1 Å². The summed E-state index contributed by atoms with van der Waals surface area (Å²) in [5, 5.41) is 3.00. The molecule has 1 atom stereocenters. The van der Waals surface area contributed by atoms with E-state index >= 15 is 0 Å². The Morgan fingerprint density at radius 3 is 2.52 bits per heavy atom. The van der Waals surface area contributed by atoms with Gasteiger partial charge in [0, 0.05) is 19.0 Å². The van der Waals surface area contributed by atoms with E-state index in [4.69, 9.17) is 4.74 Å². The minimum Gasteiger partial charge on any atom is -0.497 e. The van der Waals surface area contributed by atoms with Crippen molar-refractivity contribution in [2.45, 2.75) is 39.7 Å². The lowest BCUT2D eigenvalue weighted by atomic mass is 10.00. The number of ether oxygens (including phenoxy) is 1. The van der Waals surface area contributed by atoms with E-state index in [-0.39, 0.29) is 24.9 Å². The van der Waals surface area contributed by atoms with Gasteiger partial charge in [-0.2, -0.15) is 0 Å². The molecule has 2 aromatic carbocycles. The van der Waals surface area contributed by atoms with E-state index in [0.29, 0.717) is 17.9 Å². The van der Waals surface area contributed by atoms with Crippen LogP contribution in [0, 0.1) is 13.8 Å². The fraction of sp³-hybridized carbons (Fsp3) is 0.409. The van der Waals surface area contributed by atoms with Gasteiger partial charge in [0.1, 0.15) is 5.75 Å². The average molecular weight is 419 g/mol. The van der Waals surface area contributed by atoms with Gasteiger partial charge in [0.2, 0.25) is 15.9 Å². The maximum Gasteiger partial charge on any atom is 0.232 e. The number of sulfonamides is 1. The molecule has 0 aliphatic heterocycles. The summed E-state index contributed by atoms with van der Waals surface area (Å²) in [6, 6.07) is 12.9. The molecule has 1 N–H and O–H groups in total. The van der Waals surface area contributed by atoms with E-state index in [9.17, 15) is 13.2 Å². The molecule has 7 heteroatoms. The summed E-state index contributed by atoms with van der Waals surface area (Å²) >= 11 is 0. The molecule has 0 aliphatic carbocycles. The van der Waals surface area contributed by atoms with E-state index in [2.05, 4.69) is 11.4 Å². The number of hydrogen-bond donors (Lipinski definition) is 1. The van der Waals surface area contributed by atoms with Crippen LogP contribution in [0.15, 0.2) is 42.5 Å². The van der Waals surface area contributed by atoms with Crippen LogP contribution in [-0.4, -0.2) is 34.2 Å². The average Bonchev–Trinajstić information content (AvgIpc) is 2.64. The molecule has 1 amide bonds. The van der Waals surface area contributed by atoms with Gasteiger partial charge in [-0.3, -0.25) is 9.10 Å². The van der Waals surface area contributed by atoms with Gasteiger partial charge in [0.25, 0.3) is 0 Å². The van der Waals surface area contributed by atoms with Crippen LogP contribution in [0.5, 0.6) is 5.75 Å². The van der Waals surface area contributed by atoms with Crippen LogP contribution in [0.2, 0.25) is 0 Å². The highest BCUT2D eigenvalue weighted by Crippen LogP contribution is 2.24. The molecule has 0 radical (unpaired) electrons. The SMILES string of the molecule is COc1cccc(N(CCCC(=O)N[C@@H](C)c2ccc(C)cc2C)S(C)(=O)=O)c1. The highest BCUT2D eigenvalue weighted by atomic mass is 32.2. The van der Waals surface area contributed by atoms with Crippen molar-refractivity contribution in [2.75, 3.05) is 24.2 Å². The molecular formula is C22H30N2O4S. The standard InChI is InChI=1S/C22H30N2O4S/c1-16-11-12-21(17(2)14-16)18(3)23-22(25)10-7-13-24(29(5,26)27)19-8-6-9-20(15-19)28-4/h6,8-9,11-12,14-15,18H,7,10,13H2,1-5H3,(H,23,25)/t18-/m0/s1. The minimum atomic E-state index is -3.47. The van der Waals surface area contributed by atoms with Crippen molar-refractivity contribution in [3.8, 4) is 5.75 Å². The van der Waals surface area contributed by atoms with Crippen LogP contribution in [0.3, 0.4) is 0 Å². The summed E-state index contributed by atoms with van der Waals surface area (Å²) in [4.78, 5) is 12.4. The summed E-state index contributed by atoms with van der Waals surface area (Å²) in [5.74, 6) is 0.479. The van der Waals surface area contributed by atoms with Crippen LogP contribution < -0.4 is 14.4 Å². The summed E-state index contributed by atoms with van der Waals surface area (Å²) < 4.78 is 30.9. The molecule has 0 heterocycles. The lowest BCUT2D eigenvalue weighted by Crippen LogP contribution is -2.32. The first kappa shape index (κ1) is 22.7. The maximum absolute atomic E-state index is 12.4. The van der Waals surface area contributed by atoms with Crippen molar-refractivity contribution in [1.82, 2.24) is 5.32 Å². The zero-order valence-electron chi connectivity index (χ0n) is 17.7. The quantitative estimate of drug-likeness (QED) is 0.673. The topological polar surface area (TPSA) is 75.7 Å². The Morgan fingerprint density at radius 2 is 1.90 bits per heavy atom. The number of nitrogens with zero attached hydrogens (tertiary/aromatic N) is 1. The summed E-state index contributed by atoms with van der Waals surface area (Å²) in [6.45, 7) is 6.24. The Kier molecular flexibility index (Phi) is 7.67. The van der Waals surface area contributed by atoms with Crippen molar-refractivity contribution >= 4 is 21.6 Å². The lowest BCUT2D eigenvalue weighted by molar-refractivity contribution is -0.121. The number of carbonyl (C=O) groups is 1. The Balaban J connectivity index is 1.97. The first-order chi connectivity index (χ1) is 13.6. The Morgan fingerprint density at radius 1 is 1.17 bits per heavy atom. The van der Waals surface area contributed by atoms with Crippen LogP contribution in [0.25, 0.3) is 0 Å². The van der Waals surface area contributed by atoms with Gasteiger partial charge in [-0.25, -0.2) is 8.42 Å². The van der Waals surface area contributed by atoms with E-state index in [1.807, 2.05) is 32.9 Å². The molecule has 0 saturated heterocycles. The van der Waals surface area contributed by atoms with Gasteiger partial charge in [-0.15, -0.1) is 0 Å². The normalized spacial score (nSPS) is 12.3. The molecule has 0 spiro atoms. The predicted octanol–water partition coefficient (Wildman–Crippen LogP) is 3.74. The Hall–Kier alpha value is -2.54. The molecule has 0 bridgehead atoms. The van der Waals surface area contributed by atoms with Crippen LogP contribution in [0.4, 0.5) is 5.69 Å². The molecule has 6 nitrogen and oxygen atoms in total. The van der Waals surface area contributed by atoms with Crippen molar-refractivity contribution in [3.05, 3.63) is 59.2 Å². The Bertz CT molecular complexity index is 957. The number of nitrogens with one attached hydrogen (secondary N) is 1. The van der Waals surface area contributed by atoms with E-state index < -0.39 is 10.0 Å². The molecule has 158 valence electrons. The van der Waals surface area contributed by atoms with Crippen molar-refractivity contribution in [1.29, 1.82) is 0 Å². The van der Waals surface area contributed by atoms with Gasteiger partial charge in [0.05, 0.1) is 25.1 Å². The van der Waals surface area contributed by atoms with E-state index in [0.717, 1.165) is 17.4 Å². The molecule has 0 fully saturated rings. The molecule has 0 aromatic heterocycles. The first-order valence-corrected chi connectivity index (χ1v) is 11.4. The van der Waals surface area contributed by atoms with E-state index in [1.165, 1.54) is 17.0 Å². The molecule has 2 aromatic rings. The van der Waals surface area contributed by atoms with Crippen molar-refractivity contribution < 1.29 is 17.9 Å². The van der Waals surface area contributed by atoms with Gasteiger partial charge >= 0.3 is 0 Å². The van der Waals surface area contributed by atoms with Crippen LogP contribution >= 0.6 is 0 Å². The second kappa shape index (κ2) is 9.78. The van der Waals surface area contributed by atoms with Gasteiger partial charge in [-0.05, 0) is 50.5 Å². The number of anilines is 1. The monoisotopic (exact) mass is 418 g/mol. The third kappa shape index (κ3) is 6.49. The highest BCUT2D eigenvalue weighted by Gasteiger charge is 2.19. The minimum absolute atomic E-state index is 0.100. The summed E-state index contributed by atoms with van der Waals surface area (Å²) in [7, 11) is -1.94. The highest BCUT2D eigenvalue weighted by molar-refractivity contribution is 7.92. The summed E-state index contributed by atoms with van der Waals surface area (Å²) in [6.07, 6.45) is 1.82. The number of benzene rings is 2. The fourth-order valence-corrected chi connectivity index (χ4v) is 4.30. The third-order valence-corrected chi connectivity index (χ3v) is 5.97. The second-order valence-corrected chi connectivity index (χ2v) is 9.20. The fourth-order valence-electron chi connectivity index (χ4n) is 3.34. The van der Waals surface area contributed by atoms with Gasteiger partial charge in [-0.1, -0.05) is 29.8 Å². The molecular weight excluding hydrogens is 388 g/mol. The maximum atomic E-state index is 12.4. The molecule has 0 aliphatic rings. The van der Waals surface area contributed by atoms with Crippen LogP contribution in [0.1, 0.15) is 42.5 Å². The number of hydrogen-bond acceptors (Lipinski definition) is 4. The second-order valence-electron chi connectivity index (χ2n) is 7.29. The predicted molar refractivity (Wildman–Crippen MR) is 117 cm³/mol. The summed E-state index contributed by atoms with van der Waals surface area (Å²) in [5.41, 5.74) is 3.93. The number of rotatable bonds is 9. The lowest BCUT2D eigenvalue weighted by Gasteiger charge is -2.23. The van der Waals surface area contributed by atoms with Crippen molar-refractivity contribution in [2.24, 2.45) is 0 Å². The smallest absolute Gasteiger partial charge is 0.232 e. The van der Waals surface area contributed by atoms with Crippen molar-refractivity contribution in [3.63, 3.8) is 0 Å². The zero-order chi connectivity index (χ0) is 21.6. The number of amides is 1. The first-order valence-electron chi connectivity index (χ1n) is 9.60. The largest absolute Gasteiger partial charge is 0.497 e. The molecule has 29 heavy (non-hydrogen) atoms. The number of aryl methyl sites for hydroxylation is 2. The van der Waals surface area contributed by atoms with E-state index in [1.54, 1.807) is 24.3 Å². The molecule has 0 saturated carbocycles. The molecule has 0 unspecified atom stereocenters. The number of methoxy groups -OCH3 is 1. The third-order valence-electron chi connectivity index (χ3n) is 4.78. The Labute approximate surface area is 173 Å². The van der Waals surface area contributed by atoms with Crippen LogP contribution in [-0.2, 0) is 14.8 Å². The molecule has 2 rings (SSSR count). The van der Waals surface area contributed by atoms with Gasteiger partial charge in [0.15, 0.2) is 0 Å². The zero-order valence-corrected chi connectivity index (χ0v) is 18.5.